The number of carbonyl (C=O) groups excluding carboxylic acids is 1. The minimum atomic E-state index is -4.54. The van der Waals surface area contributed by atoms with E-state index in [-0.39, 0.29) is 25.8 Å². The van der Waals surface area contributed by atoms with Gasteiger partial charge in [0.2, 0.25) is 0 Å². The van der Waals surface area contributed by atoms with Crippen LogP contribution in [0.3, 0.4) is 0 Å². The van der Waals surface area contributed by atoms with E-state index in [0.29, 0.717) is 24.1 Å². The Kier molecular flexibility index (Phi) is 50.7. The third-order valence-electron chi connectivity index (χ3n) is 12.2. The predicted octanol–water partition coefficient (Wildman–Crippen LogP) is 17.5. The maximum Gasteiger partial charge on any atom is 0.306 e. The summed E-state index contributed by atoms with van der Waals surface area (Å²) >= 11 is 0. The highest BCUT2D eigenvalue weighted by molar-refractivity contribution is 7.45. The van der Waals surface area contributed by atoms with Crippen LogP contribution in [0.2, 0.25) is 0 Å². The van der Waals surface area contributed by atoms with E-state index in [2.05, 4.69) is 86.8 Å². The number of hydrogen-bond donors (Lipinski definition) is 0. The topological polar surface area (TPSA) is 94.1 Å². The molecule has 0 heterocycles. The fourth-order valence-corrected chi connectivity index (χ4v) is 8.59. The summed E-state index contributed by atoms with van der Waals surface area (Å²) in [5.41, 5.74) is 0. The van der Waals surface area contributed by atoms with Gasteiger partial charge < -0.3 is 27.9 Å². The van der Waals surface area contributed by atoms with Gasteiger partial charge in [0, 0.05) is 13.0 Å². The summed E-state index contributed by atoms with van der Waals surface area (Å²) in [7, 11) is 1.35. The van der Waals surface area contributed by atoms with Crippen LogP contribution in [0, 0.1) is 0 Å². The molecule has 0 saturated carbocycles. The molecule has 0 fully saturated rings. The Morgan fingerprint density at radius 3 is 1.26 bits per heavy atom. The lowest BCUT2D eigenvalue weighted by Crippen LogP contribution is -2.37. The molecule has 9 heteroatoms. The number of quaternary nitrogens is 1. The summed E-state index contributed by atoms with van der Waals surface area (Å²) in [5.74, 6) is -0.337. The van der Waals surface area contributed by atoms with Crippen LogP contribution in [0.5, 0.6) is 0 Å². The van der Waals surface area contributed by atoms with Crippen LogP contribution in [0.15, 0.2) is 72.9 Å². The lowest BCUT2D eigenvalue weighted by molar-refractivity contribution is -0.870. The Balaban J connectivity index is 4.09. The van der Waals surface area contributed by atoms with Gasteiger partial charge >= 0.3 is 5.97 Å². The number of likely N-dealkylation sites (N-methyl/N-ethyl adjacent to an activating group) is 1. The van der Waals surface area contributed by atoms with Crippen LogP contribution in [-0.2, 0) is 27.9 Å². The highest BCUT2D eigenvalue weighted by Crippen LogP contribution is 2.38. The molecule has 402 valence electrons. The van der Waals surface area contributed by atoms with Crippen molar-refractivity contribution in [3.63, 3.8) is 0 Å². The molecule has 0 bridgehead atoms. The second kappa shape index (κ2) is 52.3. The number of esters is 1. The van der Waals surface area contributed by atoms with Crippen LogP contribution in [0.1, 0.15) is 245 Å². The fraction of sp³-hybridized carbons (Fsp3) is 0.783. The molecule has 0 saturated heterocycles. The molecule has 0 aliphatic heterocycles. The van der Waals surface area contributed by atoms with Gasteiger partial charge in [-0.05, 0) is 83.5 Å². The maximum absolute atomic E-state index is 12.8. The van der Waals surface area contributed by atoms with Gasteiger partial charge in [-0.2, -0.15) is 0 Å². The first-order valence-electron chi connectivity index (χ1n) is 28.7. The van der Waals surface area contributed by atoms with E-state index < -0.39 is 13.9 Å². The van der Waals surface area contributed by atoms with Gasteiger partial charge in [-0.25, -0.2) is 0 Å². The number of hydrogen-bond acceptors (Lipinski definition) is 7. The summed E-state index contributed by atoms with van der Waals surface area (Å²) in [5, 5.41) is 0. The SMILES string of the molecule is CC/C=C\C/C=C\C/C=C\C/C=C\CCCCCCCCCCCCCOCC(COP(=O)([O-])OCC[N+](C)(C)C)OC(=O)CCCCCCCCCCCCC/C=C\C/C=C\CCCCCCC. The van der Waals surface area contributed by atoms with Crippen molar-refractivity contribution in [3.05, 3.63) is 72.9 Å². The monoisotopic (exact) mass is 988 g/mol. The van der Waals surface area contributed by atoms with Gasteiger partial charge in [0.05, 0.1) is 34.4 Å². The van der Waals surface area contributed by atoms with Crippen molar-refractivity contribution < 1.29 is 37.3 Å². The summed E-state index contributed by atoms with van der Waals surface area (Å²) in [4.78, 5) is 25.3. The fourth-order valence-electron chi connectivity index (χ4n) is 7.86. The lowest BCUT2D eigenvalue weighted by atomic mass is 10.0. The van der Waals surface area contributed by atoms with Gasteiger partial charge in [-0.3, -0.25) is 9.36 Å². The second-order valence-electron chi connectivity index (χ2n) is 20.3. The molecule has 0 aliphatic carbocycles. The third kappa shape index (κ3) is 56.7. The molecule has 8 nitrogen and oxygen atoms in total. The molecular weight excluding hydrogens is 878 g/mol. The van der Waals surface area contributed by atoms with Crippen molar-refractivity contribution in [1.29, 1.82) is 0 Å². The van der Waals surface area contributed by atoms with Crippen LogP contribution in [0.4, 0.5) is 0 Å². The third-order valence-corrected chi connectivity index (χ3v) is 13.2. The van der Waals surface area contributed by atoms with Crippen molar-refractivity contribution in [2.24, 2.45) is 0 Å². The first-order chi connectivity index (χ1) is 33.6. The average Bonchev–Trinajstić information content (AvgIpc) is 3.31. The molecule has 2 unspecified atom stereocenters. The summed E-state index contributed by atoms with van der Waals surface area (Å²) in [6, 6.07) is 0. The normalized spacial score (nSPS) is 14.0. The number of unbranched alkanes of at least 4 members (excludes halogenated alkanes) is 27. The molecule has 0 aromatic rings. The molecule has 0 rings (SSSR count). The summed E-state index contributed by atoms with van der Waals surface area (Å²) in [6.45, 7) is 5.30. The Hall–Kier alpha value is -2.06. The summed E-state index contributed by atoms with van der Waals surface area (Å²) in [6.07, 6.45) is 69.4. The minimum Gasteiger partial charge on any atom is -0.756 e. The Morgan fingerprint density at radius 2 is 0.841 bits per heavy atom. The quantitative estimate of drug-likeness (QED) is 0.0197. The van der Waals surface area contributed by atoms with E-state index in [1.807, 2.05) is 21.1 Å². The van der Waals surface area contributed by atoms with E-state index >= 15 is 0 Å². The number of rotatable bonds is 53. The van der Waals surface area contributed by atoms with Crippen LogP contribution < -0.4 is 4.89 Å². The van der Waals surface area contributed by atoms with E-state index in [1.54, 1.807) is 0 Å². The van der Waals surface area contributed by atoms with Gasteiger partial charge in [0.1, 0.15) is 19.3 Å². The number of nitrogens with zero attached hydrogens (tertiary/aromatic N) is 1. The van der Waals surface area contributed by atoms with E-state index in [9.17, 15) is 14.3 Å². The lowest BCUT2D eigenvalue weighted by Gasteiger charge is -2.28. The van der Waals surface area contributed by atoms with E-state index in [0.717, 1.165) is 64.2 Å². The number of carbonyl (C=O) groups is 1. The zero-order valence-corrected chi connectivity index (χ0v) is 46.6. The zero-order valence-electron chi connectivity index (χ0n) is 45.7. The number of allylic oxidation sites excluding steroid dienone is 12. The van der Waals surface area contributed by atoms with Crippen LogP contribution in [-0.4, -0.2) is 70.7 Å². The van der Waals surface area contributed by atoms with Crippen molar-refractivity contribution in [1.82, 2.24) is 0 Å². The van der Waals surface area contributed by atoms with E-state index in [4.69, 9.17) is 18.5 Å². The second-order valence-corrected chi connectivity index (χ2v) is 21.7. The first kappa shape index (κ1) is 66.9. The highest BCUT2D eigenvalue weighted by atomic mass is 31.2. The Bertz CT molecular complexity index is 1330. The molecule has 0 aliphatic rings. The number of phosphoric acid groups is 1. The van der Waals surface area contributed by atoms with Crippen LogP contribution >= 0.6 is 7.82 Å². The van der Waals surface area contributed by atoms with E-state index in [1.165, 1.54) is 161 Å². The van der Waals surface area contributed by atoms with Crippen molar-refractivity contribution >= 4 is 13.8 Å². The molecular formula is C60H110NO7P. The van der Waals surface area contributed by atoms with Crippen molar-refractivity contribution in [3.8, 4) is 0 Å². The molecule has 0 aromatic carbocycles. The largest absolute Gasteiger partial charge is 0.756 e. The number of phosphoric ester groups is 1. The maximum atomic E-state index is 12.8. The molecule has 0 aromatic heterocycles. The Morgan fingerprint density at radius 1 is 0.464 bits per heavy atom. The molecule has 69 heavy (non-hydrogen) atoms. The van der Waals surface area contributed by atoms with Gasteiger partial charge in [-0.15, -0.1) is 0 Å². The molecule has 0 N–H and O–H groups in total. The van der Waals surface area contributed by atoms with Gasteiger partial charge in [0.15, 0.2) is 0 Å². The predicted molar refractivity (Wildman–Crippen MR) is 296 cm³/mol. The average molecular weight is 989 g/mol. The Labute approximate surface area is 427 Å². The first-order valence-corrected chi connectivity index (χ1v) is 30.1. The highest BCUT2D eigenvalue weighted by Gasteiger charge is 2.20. The summed E-state index contributed by atoms with van der Waals surface area (Å²) < 4.78 is 34.9. The van der Waals surface area contributed by atoms with Crippen molar-refractivity contribution in [2.75, 3.05) is 54.1 Å². The molecule has 2 atom stereocenters. The van der Waals surface area contributed by atoms with Gasteiger partial charge in [-0.1, -0.05) is 228 Å². The standard InChI is InChI=1S/C60H110NO7P/c1-6-8-10-12-14-16-18-20-22-24-26-28-30-32-34-36-38-40-42-44-46-48-50-52-55-65-57-59(58-67-69(63,64)66-56-54-61(3,4)5)68-60(62)53-51-49-47-45-43-41-39-37-35-33-31-29-27-25-23-21-19-17-15-13-11-9-7-2/h8,10,14,16,19-22,25-28,59H,6-7,9,11-13,15,17-18,23-24,29-58H2,1-5H3/b10-8-,16-14-,21-19-,22-20-,27-25-,28-26-. The smallest absolute Gasteiger partial charge is 0.306 e. The number of ether oxygens (including phenoxy) is 2. The van der Waals surface area contributed by atoms with Crippen LogP contribution in [0.25, 0.3) is 0 Å². The molecule has 0 amide bonds. The minimum absolute atomic E-state index is 0.0228. The van der Waals surface area contributed by atoms with Gasteiger partial charge in [0.25, 0.3) is 7.82 Å². The molecule has 0 radical (unpaired) electrons. The van der Waals surface area contributed by atoms with Crippen molar-refractivity contribution in [2.45, 2.75) is 251 Å². The zero-order chi connectivity index (χ0) is 50.5. The molecule has 0 spiro atoms.